The van der Waals surface area contributed by atoms with Crippen molar-refractivity contribution in [2.24, 2.45) is 0 Å². The van der Waals surface area contributed by atoms with Crippen molar-refractivity contribution in [2.45, 2.75) is 38.3 Å². The Kier molecular flexibility index (Phi) is 4.42. The van der Waals surface area contributed by atoms with Crippen LogP contribution in [-0.2, 0) is 6.54 Å². The van der Waals surface area contributed by atoms with Crippen LogP contribution in [0.15, 0.2) is 65.3 Å². The first-order valence-electron chi connectivity index (χ1n) is 8.89. The third-order valence-electron chi connectivity index (χ3n) is 4.96. The average Bonchev–Trinajstić information content (AvgIpc) is 3.34. The second-order valence-corrected chi connectivity index (χ2v) is 6.60. The number of amides is 2. The summed E-state index contributed by atoms with van der Waals surface area (Å²) in [6, 6.07) is 18.1. The highest BCUT2D eigenvalue weighted by Gasteiger charge is 2.27. The normalized spacial score (nSPS) is 14.7. The van der Waals surface area contributed by atoms with Crippen LogP contribution in [0, 0.1) is 0 Å². The van der Waals surface area contributed by atoms with Gasteiger partial charge in [-0.05, 0) is 36.4 Å². The molecule has 1 fully saturated rings. The van der Waals surface area contributed by atoms with E-state index in [2.05, 4.69) is 17.4 Å². The van der Waals surface area contributed by atoms with Gasteiger partial charge in [-0.25, -0.2) is 4.79 Å². The lowest BCUT2D eigenvalue weighted by atomic mass is 10.1. The number of anilines is 1. The van der Waals surface area contributed by atoms with Crippen LogP contribution >= 0.6 is 0 Å². The molecule has 1 aromatic heterocycles. The molecule has 1 aliphatic rings. The van der Waals surface area contributed by atoms with Gasteiger partial charge in [0.05, 0.1) is 18.5 Å². The second kappa shape index (κ2) is 7.01. The molecule has 0 atom stereocenters. The lowest BCUT2D eigenvalue weighted by Crippen LogP contribution is -2.41. The lowest BCUT2D eigenvalue weighted by molar-refractivity contribution is 0.178. The number of fused-ring (bicyclic) bond motifs is 1. The number of hydrogen-bond donors (Lipinski definition) is 1. The number of urea groups is 1. The summed E-state index contributed by atoms with van der Waals surface area (Å²) in [7, 11) is 0. The Morgan fingerprint density at radius 3 is 2.64 bits per heavy atom. The summed E-state index contributed by atoms with van der Waals surface area (Å²) in [5.74, 6) is 0.819. The van der Waals surface area contributed by atoms with Gasteiger partial charge in [-0.1, -0.05) is 49.2 Å². The molecule has 2 amide bonds. The van der Waals surface area contributed by atoms with Crippen LogP contribution in [0.5, 0.6) is 0 Å². The molecule has 2 aromatic carbocycles. The fraction of sp³-hybridized carbons (Fsp3) is 0.286. The first-order valence-corrected chi connectivity index (χ1v) is 8.89. The summed E-state index contributed by atoms with van der Waals surface area (Å²) < 4.78 is 5.47. The van der Waals surface area contributed by atoms with E-state index in [1.807, 2.05) is 47.4 Å². The smallest absolute Gasteiger partial charge is 0.322 e. The third kappa shape index (κ3) is 3.38. The van der Waals surface area contributed by atoms with E-state index in [0.29, 0.717) is 6.54 Å². The van der Waals surface area contributed by atoms with Crippen molar-refractivity contribution in [3.05, 3.63) is 66.6 Å². The Hall–Kier alpha value is -2.75. The molecule has 0 saturated heterocycles. The molecule has 25 heavy (non-hydrogen) atoms. The first kappa shape index (κ1) is 15.8. The third-order valence-corrected chi connectivity index (χ3v) is 4.96. The van der Waals surface area contributed by atoms with E-state index in [1.54, 1.807) is 6.26 Å². The van der Waals surface area contributed by atoms with E-state index in [4.69, 9.17) is 4.42 Å². The second-order valence-electron chi connectivity index (χ2n) is 6.60. The zero-order valence-electron chi connectivity index (χ0n) is 14.2. The van der Waals surface area contributed by atoms with E-state index in [1.165, 1.54) is 12.8 Å². The molecule has 1 heterocycles. The Balaban J connectivity index is 1.59. The minimum Gasteiger partial charge on any atom is -0.467 e. The number of furan rings is 1. The number of benzene rings is 2. The Labute approximate surface area is 147 Å². The van der Waals surface area contributed by atoms with Crippen LogP contribution in [-0.4, -0.2) is 17.0 Å². The molecular formula is C21H22N2O2. The maximum absolute atomic E-state index is 13.0. The number of carbonyl (C=O) groups is 1. The monoisotopic (exact) mass is 334 g/mol. The molecule has 0 unspecified atom stereocenters. The molecule has 0 spiro atoms. The van der Waals surface area contributed by atoms with E-state index in [-0.39, 0.29) is 12.1 Å². The van der Waals surface area contributed by atoms with Crippen molar-refractivity contribution < 1.29 is 9.21 Å². The van der Waals surface area contributed by atoms with Crippen molar-refractivity contribution in [1.82, 2.24) is 4.90 Å². The van der Waals surface area contributed by atoms with Crippen molar-refractivity contribution in [3.63, 3.8) is 0 Å². The number of nitrogens with zero attached hydrogens (tertiary/aromatic N) is 1. The fourth-order valence-electron chi connectivity index (χ4n) is 3.67. The quantitative estimate of drug-likeness (QED) is 0.693. The highest BCUT2D eigenvalue weighted by Crippen LogP contribution is 2.28. The first-order chi connectivity index (χ1) is 12.3. The van der Waals surface area contributed by atoms with Gasteiger partial charge >= 0.3 is 6.03 Å². The maximum atomic E-state index is 13.0. The molecule has 4 rings (SSSR count). The van der Waals surface area contributed by atoms with Gasteiger partial charge in [-0.3, -0.25) is 0 Å². The van der Waals surface area contributed by atoms with Crippen molar-refractivity contribution in [2.75, 3.05) is 5.32 Å². The molecular weight excluding hydrogens is 312 g/mol. The van der Waals surface area contributed by atoms with E-state index in [9.17, 15) is 4.79 Å². The SMILES string of the molecule is O=C(Nc1cccc2ccccc12)N(Cc1ccco1)C1CCCC1. The molecule has 128 valence electrons. The van der Waals surface area contributed by atoms with Gasteiger partial charge in [-0.2, -0.15) is 0 Å². The van der Waals surface area contributed by atoms with Crippen LogP contribution in [0.1, 0.15) is 31.4 Å². The Morgan fingerprint density at radius 2 is 1.84 bits per heavy atom. The van der Waals surface area contributed by atoms with Crippen LogP contribution in [0.3, 0.4) is 0 Å². The Morgan fingerprint density at radius 1 is 1.04 bits per heavy atom. The van der Waals surface area contributed by atoms with Gasteiger partial charge in [0.25, 0.3) is 0 Å². The minimum absolute atomic E-state index is 0.0559. The highest BCUT2D eigenvalue weighted by molar-refractivity contribution is 6.01. The highest BCUT2D eigenvalue weighted by atomic mass is 16.3. The standard InChI is InChI=1S/C21H22N2O2/c24-21(22-20-13-5-8-16-7-1-4-12-19(16)20)23(17-9-2-3-10-17)15-18-11-6-14-25-18/h1,4-8,11-14,17H,2-3,9-10,15H2,(H,22,24). The Bertz CT molecular complexity index is 846. The van der Waals surface area contributed by atoms with Gasteiger partial charge in [0, 0.05) is 11.4 Å². The van der Waals surface area contributed by atoms with Crippen molar-refractivity contribution in [1.29, 1.82) is 0 Å². The minimum atomic E-state index is -0.0559. The lowest BCUT2D eigenvalue weighted by Gasteiger charge is -2.28. The average molecular weight is 334 g/mol. The summed E-state index contributed by atoms with van der Waals surface area (Å²) in [4.78, 5) is 15.0. The topological polar surface area (TPSA) is 45.5 Å². The largest absolute Gasteiger partial charge is 0.467 e. The molecule has 4 nitrogen and oxygen atoms in total. The molecule has 4 heteroatoms. The number of rotatable bonds is 4. The predicted molar refractivity (Wildman–Crippen MR) is 99.5 cm³/mol. The number of hydrogen-bond acceptors (Lipinski definition) is 2. The van der Waals surface area contributed by atoms with E-state index >= 15 is 0 Å². The maximum Gasteiger partial charge on any atom is 0.322 e. The van der Waals surface area contributed by atoms with Gasteiger partial charge in [0.2, 0.25) is 0 Å². The van der Waals surface area contributed by atoms with Crippen LogP contribution in [0.4, 0.5) is 10.5 Å². The molecule has 0 bridgehead atoms. The predicted octanol–water partition coefficient (Wildman–Crippen LogP) is 5.41. The zero-order valence-corrected chi connectivity index (χ0v) is 14.2. The molecule has 1 saturated carbocycles. The van der Waals surface area contributed by atoms with Crippen molar-refractivity contribution in [3.8, 4) is 0 Å². The van der Waals surface area contributed by atoms with E-state index in [0.717, 1.165) is 35.1 Å². The molecule has 0 radical (unpaired) electrons. The van der Waals surface area contributed by atoms with Crippen LogP contribution in [0.25, 0.3) is 10.8 Å². The number of nitrogens with one attached hydrogen (secondary N) is 1. The van der Waals surface area contributed by atoms with Crippen LogP contribution in [0.2, 0.25) is 0 Å². The van der Waals surface area contributed by atoms with Gasteiger partial charge in [0.1, 0.15) is 5.76 Å². The summed E-state index contributed by atoms with van der Waals surface area (Å²) in [6.45, 7) is 0.508. The summed E-state index contributed by atoms with van der Waals surface area (Å²) in [5.41, 5.74) is 0.852. The molecule has 1 aliphatic carbocycles. The molecule has 0 aliphatic heterocycles. The van der Waals surface area contributed by atoms with Gasteiger partial charge < -0.3 is 14.6 Å². The fourth-order valence-corrected chi connectivity index (χ4v) is 3.67. The van der Waals surface area contributed by atoms with Crippen LogP contribution < -0.4 is 5.32 Å². The summed E-state index contributed by atoms with van der Waals surface area (Å²) in [5, 5.41) is 5.30. The van der Waals surface area contributed by atoms with Gasteiger partial charge in [0.15, 0.2) is 0 Å². The van der Waals surface area contributed by atoms with Gasteiger partial charge in [-0.15, -0.1) is 0 Å². The molecule has 1 N–H and O–H groups in total. The number of carbonyl (C=O) groups excluding carboxylic acids is 1. The molecule has 3 aromatic rings. The zero-order chi connectivity index (χ0) is 17.1. The summed E-state index contributed by atoms with van der Waals surface area (Å²) in [6.07, 6.45) is 6.14. The summed E-state index contributed by atoms with van der Waals surface area (Å²) >= 11 is 0. The van der Waals surface area contributed by atoms with E-state index < -0.39 is 0 Å². The van der Waals surface area contributed by atoms with Crippen molar-refractivity contribution >= 4 is 22.5 Å².